The molecular weight excluding hydrogens is 286 g/mol. The summed E-state index contributed by atoms with van der Waals surface area (Å²) in [6.07, 6.45) is 1.63. The molecule has 0 atom stereocenters. The molecule has 0 spiro atoms. The van der Waals surface area contributed by atoms with E-state index in [1.165, 1.54) is 0 Å². The summed E-state index contributed by atoms with van der Waals surface area (Å²) in [5.41, 5.74) is 0. The van der Waals surface area contributed by atoms with Crippen LogP contribution in [0.5, 0.6) is 5.75 Å². The number of rotatable bonds is 4. The fourth-order valence-electron chi connectivity index (χ4n) is 1.16. The second kappa shape index (κ2) is 5.27. The van der Waals surface area contributed by atoms with Crippen LogP contribution in [0.15, 0.2) is 27.5 Å². The summed E-state index contributed by atoms with van der Waals surface area (Å²) < 4.78 is 11.3. The Bertz CT molecular complexity index is 482. The lowest BCUT2D eigenvalue weighted by Crippen LogP contribution is -1.98. The highest BCUT2D eigenvalue weighted by atomic mass is 79.9. The molecule has 0 saturated carbocycles. The molecule has 0 aromatic carbocycles. The van der Waals surface area contributed by atoms with Gasteiger partial charge in [-0.3, -0.25) is 0 Å². The lowest BCUT2D eigenvalue weighted by molar-refractivity contribution is 0.283. The number of hydrogen-bond acceptors (Lipinski definition) is 5. The van der Waals surface area contributed by atoms with Crippen LogP contribution in [0.4, 0.5) is 0 Å². The first kappa shape index (κ1) is 12.0. The van der Waals surface area contributed by atoms with Gasteiger partial charge in [-0.15, -0.1) is 0 Å². The van der Waals surface area contributed by atoms with Crippen molar-refractivity contribution in [3.8, 4) is 5.75 Å². The van der Waals surface area contributed by atoms with Gasteiger partial charge >= 0.3 is 0 Å². The van der Waals surface area contributed by atoms with Crippen LogP contribution >= 0.6 is 15.9 Å². The minimum atomic E-state index is 0.227. The number of ether oxygens (including phenoxy) is 1. The average Bonchev–Trinajstić information content (AvgIpc) is 2.77. The van der Waals surface area contributed by atoms with Crippen LogP contribution in [0.2, 0.25) is 0 Å². The van der Waals surface area contributed by atoms with Crippen molar-refractivity contribution in [2.45, 2.75) is 26.4 Å². The van der Waals surface area contributed by atoms with E-state index in [0.29, 0.717) is 17.5 Å². The Hall–Kier alpha value is -1.43. The number of halogens is 1. The van der Waals surface area contributed by atoms with Crippen molar-refractivity contribution in [1.82, 2.24) is 15.1 Å². The van der Waals surface area contributed by atoms with Gasteiger partial charge in [0.1, 0.15) is 10.4 Å². The van der Waals surface area contributed by atoms with Gasteiger partial charge in [-0.1, -0.05) is 19.0 Å². The Morgan fingerprint density at radius 1 is 1.41 bits per heavy atom. The van der Waals surface area contributed by atoms with Gasteiger partial charge in [-0.2, -0.15) is 4.98 Å². The fraction of sp³-hybridized carbons (Fsp3) is 0.364. The van der Waals surface area contributed by atoms with E-state index in [-0.39, 0.29) is 12.5 Å². The molecule has 17 heavy (non-hydrogen) atoms. The van der Waals surface area contributed by atoms with E-state index in [4.69, 9.17) is 9.26 Å². The lowest BCUT2D eigenvalue weighted by atomic mass is 10.2. The van der Waals surface area contributed by atoms with Gasteiger partial charge in [0.05, 0.1) is 6.20 Å². The SMILES string of the molecule is CC(C)c1nc(COc2ccc(Br)nc2)no1. The average molecular weight is 298 g/mol. The standard InChI is InChI=1S/C11H12BrN3O2/c1-7(2)11-14-10(15-17-11)6-16-8-3-4-9(12)13-5-8/h3-5,7H,6H2,1-2H3. The highest BCUT2D eigenvalue weighted by Crippen LogP contribution is 2.15. The monoisotopic (exact) mass is 297 g/mol. The summed E-state index contributed by atoms with van der Waals surface area (Å²) in [7, 11) is 0. The van der Waals surface area contributed by atoms with Crippen molar-refractivity contribution < 1.29 is 9.26 Å². The van der Waals surface area contributed by atoms with E-state index < -0.39 is 0 Å². The summed E-state index contributed by atoms with van der Waals surface area (Å²) >= 11 is 3.25. The third-order valence-electron chi connectivity index (χ3n) is 2.05. The molecule has 0 aliphatic heterocycles. The van der Waals surface area contributed by atoms with Crippen LogP contribution in [-0.2, 0) is 6.61 Å². The second-order valence-electron chi connectivity index (χ2n) is 3.81. The van der Waals surface area contributed by atoms with Crippen LogP contribution in [0, 0.1) is 0 Å². The van der Waals surface area contributed by atoms with Crippen LogP contribution < -0.4 is 4.74 Å². The Morgan fingerprint density at radius 3 is 2.82 bits per heavy atom. The molecule has 5 nitrogen and oxygen atoms in total. The van der Waals surface area contributed by atoms with Gasteiger partial charge in [0.25, 0.3) is 0 Å². The maximum Gasteiger partial charge on any atom is 0.229 e. The highest BCUT2D eigenvalue weighted by molar-refractivity contribution is 9.10. The summed E-state index contributed by atoms with van der Waals surface area (Å²) in [5.74, 6) is 2.06. The summed E-state index contributed by atoms with van der Waals surface area (Å²) in [6, 6.07) is 3.63. The summed E-state index contributed by atoms with van der Waals surface area (Å²) in [5, 5.41) is 3.83. The molecule has 6 heteroatoms. The number of aromatic nitrogens is 3. The topological polar surface area (TPSA) is 61.0 Å². The van der Waals surface area contributed by atoms with E-state index >= 15 is 0 Å². The second-order valence-corrected chi connectivity index (χ2v) is 4.62. The van der Waals surface area contributed by atoms with Crippen molar-refractivity contribution in [3.63, 3.8) is 0 Å². The van der Waals surface area contributed by atoms with Crippen molar-refractivity contribution in [2.24, 2.45) is 0 Å². The Morgan fingerprint density at radius 2 is 2.24 bits per heavy atom. The molecule has 90 valence electrons. The van der Waals surface area contributed by atoms with E-state index in [1.54, 1.807) is 6.20 Å². The predicted molar refractivity (Wildman–Crippen MR) is 64.7 cm³/mol. The van der Waals surface area contributed by atoms with Crippen LogP contribution in [0.25, 0.3) is 0 Å². The molecule has 2 aromatic rings. The predicted octanol–water partition coefficient (Wildman–Crippen LogP) is 2.93. The molecular formula is C11H12BrN3O2. The third kappa shape index (κ3) is 3.26. The molecule has 2 rings (SSSR count). The van der Waals surface area contributed by atoms with Crippen LogP contribution in [0.3, 0.4) is 0 Å². The molecule has 0 bridgehead atoms. The van der Waals surface area contributed by atoms with Gasteiger partial charge in [0.2, 0.25) is 11.7 Å². The molecule has 0 radical (unpaired) electrons. The van der Waals surface area contributed by atoms with Crippen molar-refractivity contribution in [2.75, 3.05) is 0 Å². The van der Waals surface area contributed by atoms with Crippen molar-refractivity contribution in [3.05, 3.63) is 34.6 Å². The first-order valence-corrected chi connectivity index (χ1v) is 6.01. The zero-order valence-electron chi connectivity index (χ0n) is 9.55. The molecule has 0 amide bonds. The van der Waals surface area contributed by atoms with E-state index in [9.17, 15) is 0 Å². The molecule has 0 N–H and O–H groups in total. The molecule has 0 aliphatic carbocycles. The maximum atomic E-state index is 5.47. The lowest BCUT2D eigenvalue weighted by Gasteiger charge is -2.01. The highest BCUT2D eigenvalue weighted by Gasteiger charge is 2.10. The zero-order valence-corrected chi connectivity index (χ0v) is 11.1. The maximum absolute atomic E-state index is 5.47. The Balaban J connectivity index is 1.95. The fourth-order valence-corrected chi connectivity index (χ4v) is 1.39. The van der Waals surface area contributed by atoms with E-state index in [1.807, 2.05) is 26.0 Å². The number of pyridine rings is 1. The number of hydrogen-bond donors (Lipinski definition) is 0. The molecule has 2 heterocycles. The van der Waals surface area contributed by atoms with Gasteiger partial charge in [0.15, 0.2) is 6.61 Å². The van der Waals surface area contributed by atoms with Gasteiger partial charge in [-0.25, -0.2) is 4.98 Å². The summed E-state index contributed by atoms with van der Waals surface area (Å²) in [4.78, 5) is 8.26. The molecule has 2 aromatic heterocycles. The molecule has 0 saturated heterocycles. The Kier molecular flexibility index (Phi) is 3.73. The van der Waals surface area contributed by atoms with Gasteiger partial charge in [-0.05, 0) is 28.1 Å². The minimum absolute atomic E-state index is 0.227. The first-order chi connectivity index (χ1) is 8.15. The first-order valence-electron chi connectivity index (χ1n) is 5.22. The minimum Gasteiger partial charge on any atom is -0.484 e. The van der Waals surface area contributed by atoms with E-state index in [0.717, 1.165) is 4.60 Å². The smallest absolute Gasteiger partial charge is 0.229 e. The van der Waals surface area contributed by atoms with E-state index in [2.05, 4.69) is 31.1 Å². The molecule has 0 fully saturated rings. The van der Waals surface area contributed by atoms with Crippen LogP contribution in [0.1, 0.15) is 31.5 Å². The third-order valence-corrected chi connectivity index (χ3v) is 2.51. The Labute approximate surface area is 107 Å². The summed E-state index contributed by atoms with van der Waals surface area (Å²) in [6.45, 7) is 4.27. The zero-order chi connectivity index (χ0) is 12.3. The molecule has 0 unspecified atom stereocenters. The quantitative estimate of drug-likeness (QED) is 0.812. The van der Waals surface area contributed by atoms with Crippen molar-refractivity contribution >= 4 is 15.9 Å². The van der Waals surface area contributed by atoms with Crippen molar-refractivity contribution in [1.29, 1.82) is 0 Å². The number of nitrogens with zero attached hydrogens (tertiary/aromatic N) is 3. The van der Waals surface area contributed by atoms with Gasteiger partial charge in [0, 0.05) is 5.92 Å². The van der Waals surface area contributed by atoms with Crippen LogP contribution in [-0.4, -0.2) is 15.1 Å². The molecule has 0 aliphatic rings. The van der Waals surface area contributed by atoms with Gasteiger partial charge < -0.3 is 9.26 Å². The largest absolute Gasteiger partial charge is 0.484 e. The normalized spacial score (nSPS) is 10.8.